The van der Waals surface area contributed by atoms with Crippen molar-refractivity contribution < 1.29 is 19.1 Å². The molecular formula is C26H32N6O4S. The van der Waals surface area contributed by atoms with Gasteiger partial charge in [-0.15, -0.1) is 11.3 Å². The summed E-state index contributed by atoms with van der Waals surface area (Å²) in [6, 6.07) is 11.8. The molecule has 11 heteroatoms. The average molecular weight is 525 g/mol. The molecule has 1 aliphatic heterocycles. The number of nitrogens with one attached hydrogen (secondary N) is 2. The fourth-order valence-electron chi connectivity index (χ4n) is 4.03. The molecule has 2 aromatic heterocycles. The van der Waals surface area contributed by atoms with Crippen molar-refractivity contribution in [2.24, 2.45) is 0 Å². The smallest absolute Gasteiger partial charge is 0.406 e. The number of thiophene rings is 1. The van der Waals surface area contributed by atoms with Crippen molar-refractivity contribution in [2.75, 3.05) is 55.5 Å². The number of fused-ring (bicyclic) bond motifs is 1. The predicted molar refractivity (Wildman–Crippen MR) is 144 cm³/mol. The van der Waals surface area contributed by atoms with Crippen molar-refractivity contribution in [1.29, 1.82) is 0 Å². The lowest BCUT2D eigenvalue weighted by Crippen LogP contribution is -2.33. The molecule has 0 aliphatic carbocycles. The number of anilines is 3. The Morgan fingerprint density at radius 2 is 2.11 bits per heavy atom. The Morgan fingerprint density at radius 3 is 2.86 bits per heavy atom. The highest BCUT2D eigenvalue weighted by atomic mass is 32.1. The van der Waals surface area contributed by atoms with E-state index in [1.807, 2.05) is 60.6 Å². The molecule has 0 bridgehead atoms. The standard InChI is InChI=1S/C26H32N6O4S/c1-4-28-25-29-16-20-23(30-25)31(3)11-12-32(24(20)33)19-8-5-7-18(15-19)17-36-21(22-9-6-14-37-22)10-13-35-26(34)27-2/h5-9,14-16,21H,4,10-13,17H2,1-3H3,(H,27,34)(H,28,29,30). The van der Waals surface area contributed by atoms with Gasteiger partial charge in [0.2, 0.25) is 5.95 Å². The van der Waals surface area contributed by atoms with Gasteiger partial charge in [-0.25, -0.2) is 9.78 Å². The third-order valence-electron chi connectivity index (χ3n) is 5.95. The van der Waals surface area contributed by atoms with Crippen LogP contribution in [-0.4, -0.2) is 62.3 Å². The lowest BCUT2D eigenvalue weighted by molar-refractivity contribution is 0.0221. The summed E-state index contributed by atoms with van der Waals surface area (Å²) in [4.78, 5) is 38.6. The van der Waals surface area contributed by atoms with E-state index in [0.29, 0.717) is 50.0 Å². The second-order valence-electron chi connectivity index (χ2n) is 8.50. The van der Waals surface area contributed by atoms with Crippen molar-refractivity contribution in [3.8, 4) is 0 Å². The van der Waals surface area contributed by atoms with Gasteiger partial charge in [0.15, 0.2) is 0 Å². The van der Waals surface area contributed by atoms with Crippen LogP contribution in [-0.2, 0) is 16.1 Å². The van der Waals surface area contributed by atoms with Crippen molar-refractivity contribution >= 4 is 40.8 Å². The van der Waals surface area contributed by atoms with Gasteiger partial charge in [0.1, 0.15) is 11.4 Å². The molecule has 37 heavy (non-hydrogen) atoms. The Bertz CT molecular complexity index is 1210. The first-order valence-corrected chi connectivity index (χ1v) is 13.1. The molecule has 196 valence electrons. The van der Waals surface area contributed by atoms with Crippen LogP contribution in [0.5, 0.6) is 0 Å². The number of amides is 2. The van der Waals surface area contributed by atoms with E-state index in [0.717, 1.165) is 16.1 Å². The number of benzene rings is 1. The van der Waals surface area contributed by atoms with Crippen LogP contribution in [0.25, 0.3) is 0 Å². The van der Waals surface area contributed by atoms with Crippen LogP contribution in [0.1, 0.15) is 40.2 Å². The number of carbonyl (C=O) groups is 2. The molecule has 3 aromatic rings. The maximum Gasteiger partial charge on any atom is 0.406 e. The molecule has 10 nitrogen and oxygen atoms in total. The summed E-state index contributed by atoms with van der Waals surface area (Å²) in [5.74, 6) is 0.994. The maximum absolute atomic E-state index is 13.5. The van der Waals surface area contributed by atoms with E-state index < -0.39 is 6.09 Å². The van der Waals surface area contributed by atoms with Crippen LogP contribution >= 0.6 is 11.3 Å². The van der Waals surface area contributed by atoms with Crippen molar-refractivity contribution in [3.63, 3.8) is 0 Å². The van der Waals surface area contributed by atoms with Gasteiger partial charge in [-0.3, -0.25) is 4.79 Å². The van der Waals surface area contributed by atoms with Crippen LogP contribution < -0.4 is 20.4 Å². The highest BCUT2D eigenvalue weighted by Gasteiger charge is 2.28. The minimum absolute atomic E-state index is 0.136. The monoisotopic (exact) mass is 524 g/mol. The topological polar surface area (TPSA) is 109 Å². The molecule has 0 fully saturated rings. The molecule has 1 aromatic carbocycles. The van der Waals surface area contributed by atoms with E-state index >= 15 is 0 Å². The molecule has 1 atom stereocenters. The van der Waals surface area contributed by atoms with Crippen molar-refractivity contribution in [2.45, 2.75) is 26.1 Å². The summed E-state index contributed by atoms with van der Waals surface area (Å²) >= 11 is 1.60. The molecule has 2 amide bonds. The third kappa shape index (κ3) is 6.55. The molecule has 1 aliphatic rings. The third-order valence-corrected chi connectivity index (χ3v) is 6.92. The van der Waals surface area contributed by atoms with Gasteiger partial charge >= 0.3 is 6.09 Å². The van der Waals surface area contributed by atoms with Gasteiger partial charge in [0.25, 0.3) is 5.91 Å². The quantitative estimate of drug-likeness (QED) is 0.409. The summed E-state index contributed by atoms with van der Waals surface area (Å²) in [7, 11) is 3.46. The highest BCUT2D eigenvalue weighted by Crippen LogP contribution is 2.29. The van der Waals surface area contributed by atoms with Gasteiger partial charge in [0.05, 0.1) is 19.3 Å². The maximum atomic E-state index is 13.5. The summed E-state index contributed by atoms with van der Waals surface area (Å²) < 4.78 is 11.4. The molecule has 0 saturated heterocycles. The van der Waals surface area contributed by atoms with Crippen LogP contribution in [0.3, 0.4) is 0 Å². The first-order valence-electron chi connectivity index (χ1n) is 12.2. The minimum atomic E-state index is -0.463. The molecule has 0 saturated carbocycles. The van der Waals surface area contributed by atoms with E-state index in [-0.39, 0.29) is 18.6 Å². The fraction of sp³-hybridized carbons (Fsp3) is 0.385. The van der Waals surface area contributed by atoms with Gasteiger partial charge in [-0.05, 0) is 36.1 Å². The Labute approximate surface area is 220 Å². The number of ether oxygens (including phenoxy) is 2. The molecule has 0 spiro atoms. The Balaban J connectivity index is 1.48. The molecule has 4 rings (SSSR count). The number of carbonyl (C=O) groups excluding carboxylic acids is 2. The number of nitrogens with zero attached hydrogens (tertiary/aromatic N) is 4. The lowest BCUT2D eigenvalue weighted by atomic mass is 10.1. The Morgan fingerprint density at radius 1 is 1.24 bits per heavy atom. The second kappa shape index (κ2) is 12.5. The van der Waals surface area contributed by atoms with Crippen LogP contribution in [0.4, 0.5) is 22.2 Å². The largest absolute Gasteiger partial charge is 0.449 e. The predicted octanol–water partition coefficient (Wildman–Crippen LogP) is 4.07. The number of alkyl carbamates (subject to hydrolysis) is 1. The van der Waals surface area contributed by atoms with E-state index in [1.165, 1.54) is 7.05 Å². The summed E-state index contributed by atoms with van der Waals surface area (Å²) in [6.45, 7) is 4.42. The van der Waals surface area contributed by atoms with E-state index in [1.54, 1.807) is 22.4 Å². The van der Waals surface area contributed by atoms with Gasteiger partial charge < -0.3 is 29.9 Å². The molecule has 0 radical (unpaired) electrons. The zero-order chi connectivity index (χ0) is 26.2. The summed E-state index contributed by atoms with van der Waals surface area (Å²) in [5.41, 5.74) is 2.20. The zero-order valence-corrected chi connectivity index (χ0v) is 22.1. The van der Waals surface area contributed by atoms with Crippen molar-refractivity contribution in [1.82, 2.24) is 15.3 Å². The first kappa shape index (κ1) is 26.4. The van der Waals surface area contributed by atoms with E-state index in [4.69, 9.17) is 9.47 Å². The summed E-state index contributed by atoms with van der Waals surface area (Å²) in [5, 5.41) is 7.55. The SMILES string of the molecule is CCNc1ncc2c(n1)N(C)CCN(c1cccc(COC(CCOC(=O)NC)c3cccs3)c1)C2=O. The zero-order valence-electron chi connectivity index (χ0n) is 21.3. The van der Waals surface area contributed by atoms with Gasteiger partial charge in [-0.1, -0.05) is 18.2 Å². The van der Waals surface area contributed by atoms with Crippen LogP contribution in [0.2, 0.25) is 0 Å². The molecule has 2 N–H and O–H groups in total. The minimum Gasteiger partial charge on any atom is -0.449 e. The highest BCUT2D eigenvalue weighted by molar-refractivity contribution is 7.10. The lowest BCUT2D eigenvalue weighted by Gasteiger charge is -2.22. The average Bonchev–Trinajstić information content (AvgIpc) is 3.42. The normalized spacial score (nSPS) is 14.1. The number of hydrogen-bond donors (Lipinski definition) is 2. The van der Waals surface area contributed by atoms with Crippen LogP contribution in [0.15, 0.2) is 48.0 Å². The molecule has 1 unspecified atom stereocenters. The molecular weight excluding hydrogens is 492 g/mol. The van der Waals surface area contributed by atoms with E-state index in [2.05, 4.69) is 20.6 Å². The second-order valence-corrected chi connectivity index (χ2v) is 9.48. The van der Waals surface area contributed by atoms with Crippen molar-refractivity contribution in [3.05, 3.63) is 64.0 Å². The van der Waals surface area contributed by atoms with Gasteiger partial charge in [0, 0.05) is 56.9 Å². The fourth-order valence-corrected chi connectivity index (χ4v) is 4.84. The van der Waals surface area contributed by atoms with E-state index in [9.17, 15) is 9.59 Å². The Kier molecular flexibility index (Phi) is 8.91. The first-order chi connectivity index (χ1) is 18.0. The number of likely N-dealkylation sites (N-methyl/N-ethyl adjacent to an activating group) is 1. The van der Waals surface area contributed by atoms with Crippen LogP contribution in [0, 0.1) is 0 Å². The summed E-state index contributed by atoms with van der Waals surface area (Å²) in [6.07, 6.45) is 1.46. The number of rotatable bonds is 10. The number of hydrogen-bond acceptors (Lipinski definition) is 9. The Hall–Kier alpha value is -3.70. The number of aromatic nitrogens is 2. The van der Waals surface area contributed by atoms with Gasteiger partial charge in [-0.2, -0.15) is 4.98 Å². The molecule has 3 heterocycles.